The van der Waals surface area contributed by atoms with Gasteiger partial charge >= 0.3 is 6.09 Å². The van der Waals surface area contributed by atoms with Gasteiger partial charge in [-0.1, -0.05) is 6.42 Å². The fraction of sp³-hybridized carbons (Fsp3) is 0.609. The zero-order valence-electron chi connectivity index (χ0n) is 18.5. The monoisotopic (exact) mass is 446 g/mol. The predicted octanol–water partition coefficient (Wildman–Crippen LogP) is 2.17. The Balaban J connectivity index is 1.32. The Morgan fingerprint density at radius 3 is 2.66 bits per heavy atom. The minimum absolute atomic E-state index is 0.154. The van der Waals surface area contributed by atoms with Crippen LogP contribution < -0.4 is 15.1 Å². The van der Waals surface area contributed by atoms with Gasteiger partial charge in [-0.2, -0.15) is 0 Å². The van der Waals surface area contributed by atoms with Crippen LogP contribution in [-0.2, 0) is 14.3 Å². The molecule has 1 aromatic rings. The van der Waals surface area contributed by atoms with Gasteiger partial charge in [-0.25, -0.2) is 9.18 Å². The van der Waals surface area contributed by atoms with E-state index in [4.69, 9.17) is 4.74 Å². The molecule has 0 spiro atoms. The van der Waals surface area contributed by atoms with Crippen LogP contribution in [0.1, 0.15) is 32.6 Å². The molecule has 2 aliphatic heterocycles. The van der Waals surface area contributed by atoms with E-state index in [1.807, 2.05) is 4.90 Å². The first-order valence-corrected chi connectivity index (χ1v) is 11.4. The van der Waals surface area contributed by atoms with E-state index in [9.17, 15) is 18.8 Å². The van der Waals surface area contributed by atoms with E-state index in [1.54, 1.807) is 12.1 Å². The number of ketones is 1. The van der Waals surface area contributed by atoms with Crippen LogP contribution >= 0.6 is 0 Å². The van der Waals surface area contributed by atoms with Gasteiger partial charge < -0.3 is 15.0 Å². The number of Topliss-reactive ketones (excluding diaryl/α,β-unsaturated/α-hetero) is 1. The fourth-order valence-electron chi connectivity index (χ4n) is 4.75. The number of carbonyl (C=O) groups excluding carboxylic acids is 3. The Morgan fingerprint density at radius 2 is 1.97 bits per heavy atom. The van der Waals surface area contributed by atoms with Gasteiger partial charge in [-0.05, 0) is 31.0 Å². The molecular formula is C23H31FN4O4. The number of amides is 2. The van der Waals surface area contributed by atoms with E-state index in [2.05, 4.69) is 10.2 Å². The second kappa shape index (κ2) is 9.85. The molecular weight excluding hydrogens is 415 g/mol. The minimum atomic E-state index is -0.543. The second-order valence-corrected chi connectivity index (χ2v) is 8.89. The normalized spacial score (nSPS) is 24.6. The Hall–Kier alpha value is -2.68. The van der Waals surface area contributed by atoms with Crippen LogP contribution in [0, 0.1) is 11.7 Å². The topological polar surface area (TPSA) is 82.2 Å². The molecule has 4 rings (SSSR count). The van der Waals surface area contributed by atoms with Crippen molar-refractivity contribution in [3.8, 4) is 0 Å². The van der Waals surface area contributed by atoms with Gasteiger partial charge in [0.1, 0.15) is 17.7 Å². The van der Waals surface area contributed by atoms with Crippen molar-refractivity contribution < 1.29 is 23.5 Å². The van der Waals surface area contributed by atoms with Crippen LogP contribution in [0.25, 0.3) is 0 Å². The Bertz CT molecular complexity index is 872. The summed E-state index contributed by atoms with van der Waals surface area (Å²) >= 11 is 0. The number of benzene rings is 1. The zero-order valence-corrected chi connectivity index (χ0v) is 18.5. The maximum absolute atomic E-state index is 15.0. The SMILES string of the molecule is CC(=O)NC[C@H]1CN(c2ccc(N3CCN(C[C@@H]4CCCCC4=O)CC3)c(F)c2)C(=O)O1. The lowest BCUT2D eigenvalue weighted by Gasteiger charge is -2.38. The summed E-state index contributed by atoms with van der Waals surface area (Å²) in [6, 6.07) is 4.80. The first-order chi connectivity index (χ1) is 15.4. The highest BCUT2D eigenvalue weighted by Crippen LogP contribution is 2.29. The number of nitrogens with zero attached hydrogens (tertiary/aromatic N) is 3. The van der Waals surface area contributed by atoms with Gasteiger partial charge in [0.15, 0.2) is 0 Å². The maximum atomic E-state index is 15.0. The van der Waals surface area contributed by atoms with Crippen molar-refractivity contribution in [2.45, 2.75) is 38.7 Å². The van der Waals surface area contributed by atoms with Gasteiger partial charge in [0.05, 0.1) is 24.5 Å². The average molecular weight is 447 g/mol. The summed E-state index contributed by atoms with van der Waals surface area (Å²) in [4.78, 5) is 41.1. The molecule has 2 amide bonds. The number of piperazine rings is 1. The number of anilines is 2. The van der Waals surface area contributed by atoms with E-state index in [-0.39, 0.29) is 30.7 Å². The van der Waals surface area contributed by atoms with Crippen molar-refractivity contribution in [2.24, 2.45) is 5.92 Å². The van der Waals surface area contributed by atoms with Crippen molar-refractivity contribution in [2.75, 3.05) is 55.6 Å². The van der Waals surface area contributed by atoms with Crippen LogP contribution in [0.2, 0.25) is 0 Å². The molecule has 9 heteroatoms. The number of halogens is 1. The number of ether oxygens (including phenoxy) is 1. The van der Waals surface area contributed by atoms with E-state index in [0.29, 0.717) is 36.7 Å². The Labute approximate surface area is 187 Å². The summed E-state index contributed by atoms with van der Waals surface area (Å²) in [6.07, 6.45) is 2.84. The fourth-order valence-corrected chi connectivity index (χ4v) is 4.75. The molecule has 2 atom stereocenters. The molecule has 1 saturated carbocycles. The van der Waals surface area contributed by atoms with E-state index in [1.165, 1.54) is 17.9 Å². The maximum Gasteiger partial charge on any atom is 0.414 e. The van der Waals surface area contributed by atoms with Gasteiger partial charge in [-0.15, -0.1) is 0 Å². The van der Waals surface area contributed by atoms with E-state index in [0.717, 1.165) is 38.9 Å². The summed E-state index contributed by atoms with van der Waals surface area (Å²) in [5.74, 6) is -0.0297. The van der Waals surface area contributed by atoms with Gasteiger partial charge in [-0.3, -0.25) is 19.4 Å². The zero-order chi connectivity index (χ0) is 22.7. The summed E-state index contributed by atoms with van der Waals surface area (Å²) < 4.78 is 20.2. The molecule has 8 nitrogen and oxygen atoms in total. The average Bonchev–Trinajstić information content (AvgIpc) is 3.15. The smallest absolute Gasteiger partial charge is 0.414 e. The number of rotatable bonds is 6. The molecule has 1 aromatic carbocycles. The largest absolute Gasteiger partial charge is 0.442 e. The molecule has 0 radical (unpaired) electrons. The molecule has 1 aliphatic carbocycles. The number of carbonyl (C=O) groups is 3. The Morgan fingerprint density at radius 1 is 1.19 bits per heavy atom. The number of nitrogens with one attached hydrogen (secondary N) is 1. The third-order valence-electron chi connectivity index (χ3n) is 6.57. The number of hydrogen-bond acceptors (Lipinski definition) is 6. The lowest BCUT2D eigenvalue weighted by molar-refractivity contribution is -0.125. The lowest BCUT2D eigenvalue weighted by atomic mass is 9.87. The molecule has 174 valence electrons. The van der Waals surface area contributed by atoms with Crippen LogP contribution in [0.15, 0.2) is 18.2 Å². The van der Waals surface area contributed by atoms with Crippen molar-refractivity contribution >= 4 is 29.2 Å². The van der Waals surface area contributed by atoms with Crippen molar-refractivity contribution in [3.05, 3.63) is 24.0 Å². The highest BCUT2D eigenvalue weighted by atomic mass is 19.1. The molecule has 0 aromatic heterocycles. The third-order valence-corrected chi connectivity index (χ3v) is 6.57. The van der Waals surface area contributed by atoms with Crippen molar-refractivity contribution in [1.82, 2.24) is 10.2 Å². The molecule has 3 fully saturated rings. The number of cyclic esters (lactones) is 1. The van der Waals surface area contributed by atoms with Crippen LogP contribution in [0.3, 0.4) is 0 Å². The summed E-state index contributed by atoms with van der Waals surface area (Å²) in [5.41, 5.74) is 0.959. The summed E-state index contributed by atoms with van der Waals surface area (Å²) in [5, 5.41) is 2.63. The van der Waals surface area contributed by atoms with E-state index < -0.39 is 12.2 Å². The minimum Gasteiger partial charge on any atom is -0.442 e. The highest BCUT2D eigenvalue weighted by Gasteiger charge is 2.33. The lowest BCUT2D eigenvalue weighted by Crippen LogP contribution is -2.49. The van der Waals surface area contributed by atoms with E-state index >= 15 is 0 Å². The van der Waals surface area contributed by atoms with Crippen LogP contribution in [0.5, 0.6) is 0 Å². The predicted molar refractivity (Wildman–Crippen MR) is 118 cm³/mol. The number of hydrogen-bond donors (Lipinski definition) is 1. The quantitative estimate of drug-likeness (QED) is 0.721. The van der Waals surface area contributed by atoms with Crippen LogP contribution in [-0.4, -0.2) is 74.6 Å². The third kappa shape index (κ3) is 5.20. The van der Waals surface area contributed by atoms with Gasteiger partial charge in [0.2, 0.25) is 5.91 Å². The van der Waals surface area contributed by atoms with Crippen LogP contribution in [0.4, 0.5) is 20.6 Å². The molecule has 3 aliphatic rings. The molecule has 32 heavy (non-hydrogen) atoms. The first-order valence-electron chi connectivity index (χ1n) is 11.4. The molecule has 1 N–H and O–H groups in total. The second-order valence-electron chi connectivity index (χ2n) is 8.89. The molecule has 0 unspecified atom stereocenters. The summed E-state index contributed by atoms with van der Waals surface area (Å²) in [7, 11) is 0. The van der Waals surface area contributed by atoms with Crippen molar-refractivity contribution in [1.29, 1.82) is 0 Å². The molecule has 2 saturated heterocycles. The summed E-state index contributed by atoms with van der Waals surface area (Å²) in [6.45, 7) is 5.69. The molecule has 0 bridgehead atoms. The Kier molecular flexibility index (Phi) is 6.93. The van der Waals surface area contributed by atoms with Gasteiger partial charge in [0.25, 0.3) is 0 Å². The van der Waals surface area contributed by atoms with Crippen molar-refractivity contribution in [3.63, 3.8) is 0 Å². The first kappa shape index (κ1) is 22.5. The standard InChI is InChI=1S/C23H31FN4O4/c1-16(29)25-13-19-15-28(23(31)32-19)18-6-7-21(20(24)12-18)27-10-8-26(9-11-27)14-17-4-2-3-5-22(17)30/h6-7,12,17,19H,2-5,8-11,13-15H2,1H3,(H,25,29)/t17-,19-/m0/s1. The highest BCUT2D eigenvalue weighted by molar-refractivity contribution is 5.90. The molecule has 2 heterocycles. The van der Waals surface area contributed by atoms with Gasteiger partial charge in [0, 0.05) is 52.0 Å².